The molecule has 4 heteroatoms. The first kappa shape index (κ1) is 13.2. The maximum absolute atomic E-state index is 5.38. The highest BCUT2D eigenvalue weighted by Crippen LogP contribution is 2.39. The van der Waals surface area contributed by atoms with Gasteiger partial charge in [0.1, 0.15) is 6.10 Å². The molecule has 1 aromatic rings. The van der Waals surface area contributed by atoms with Gasteiger partial charge in [0, 0.05) is 12.7 Å². The molecule has 0 heterocycles. The maximum Gasteiger partial charge on any atom is 0.203 e. The van der Waals surface area contributed by atoms with Crippen LogP contribution in [-0.4, -0.2) is 28.4 Å². The van der Waals surface area contributed by atoms with Crippen molar-refractivity contribution in [3.63, 3.8) is 0 Å². The molecule has 0 aliphatic carbocycles. The molecular weight excluding hydrogens is 220 g/mol. The summed E-state index contributed by atoms with van der Waals surface area (Å²) in [5.41, 5.74) is 0.782. The molecule has 0 amide bonds. The van der Waals surface area contributed by atoms with Crippen LogP contribution in [0.25, 0.3) is 0 Å². The summed E-state index contributed by atoms with van der Waals surface area (Å²) in [7, 11) is 6.21. The van der Waals surface area contributed by atoms with E-state index in [4.69, 9.17) is 25.4 Å². The fourth-order valence-corrected chi connectivity index (χ4v) is 1.55. The Morgan fingerprint density at radius 1 is 1.00 bits per heavy atom. The summed E-state index contributed by atoms with van der Waals surface area (Å²) < 4.78 is 20.8. The van der Waals surface area contributed by atoms with Crippen molar-refractivity contribution in [1.29, 1.82) is 0 Å². The van der Waals surface area contributed by atoms with Gasteiger partial charge < -0.3 is 18.9 Å². The SMILES string of the molecule is C#C[C@H](OC)c1cc(OC)c(OC)c(OC)c1. The fraction of sp³-hybridized carbons (Fsp3) is 0.385. The zero-order chi connectivity index (χ0) is 12.8. The minimum Gasteiger partial charge on any atom is -0.493 e. The molecule has 1 rings (SSSR count). The first-order valence-electron chi connectivity index (χ1n) is 5.00. The van der Waals surface area contributed by atoms with E-state index in [0.717, 1.165) is 5.56 Å². The predicted molar refractivity (Wildman–Crippen MR) is 64.7 cm³/mol. The molecule has 4 nitrogen and oxygen atoms in total. The van der Waals surface area contributed by atoms with Crippen LogP contribution >= 0.6 is 0 Å². The Kier molecular flexibility index (Phi) is 4.68. The highest BCUT2D eigenvalue weighted by Gasteiger charge is 2.17. The van der Waals surface area contributed by atoms with Crippen molar-refractivity contribution in [3.8, 4) is 29.6 Å². The third kappa shape index (κ3) is 2.63. The van der Waals surface area contributed by atoms with Gasteiger partial charge in [-0.1, -0.05) is 5.92 Å². The van der Waals surface area contributed by atoms with Gasteiger partial charge in [0.15, 0.2) is 11.5 Å². The number of hydrogen-bond acceptors (Lipinski definition) is 4. The van der Waals surface area contributed by atoms with Crippen LogP contribution < -0.4 is 14.2 Å². The second-order valence-corrected chi connectivity index (χ2v) is 3.24. The second-order valence-electron chi connectivity index (χ2n) is 3.24. The molecule has 0 radical (unpaired) electrons. The molecule has 17 heavy (non-hydrogen) atoms. The lowest BCUT2D eigenvalue weighted by Gasteiger charge is -2.16. The Balaban J connectivity index is 3.32. The third-order valence-corrected chi connectivity index (χ3v) is 2.38. The number of ether oxygens (including phenoxy) is 4. The molecule has 0 spiro atoms. The van der Waals surface area contributed by atoms with Crippen LogP contribution in [0.2, 0.25) is 0 Å². The average molecular weight is 236 g/mol. The summed E-state index contributed by atoms with van der Waals surface area (Å²) >= 11 is 0. The van der Waals surface area contributed by atoms with E-state index in [1.807, 2.05) is 0 Å². The van der Waals surface area contributed by atoms with E-state index in [0.29, 0.717) is 17.2 Å². The van der Waals surface area contributed by atoms with Gasteiger partial charge >= 0.3 is 0 Å². The summed E-state index contributed by atoms with van der Waals surface area (Å²) in [5, 5.41) is 0. The minimum atomic E-state index is -0.441. The van der Waals surface area contributed by atoms with Crippen molar-refractivity contribution >= 4 is 0 Å². The van der Waals surface area contributed by atoms with Gasteiger partial charge in [-0.25, -0.2) is 0 Å². The first-order chi connectivity index (χ1) is 8.21. The molecule has 0 aromatic heterocycles. The lowest BCUT2D eigenvalue weighted by molar-refractivity contribution is 0.150. The molecule has 0 N–H and O–H groups in total. The molecule has 0 saturated heterocycles. The number of hydrogen-bond donors (Lipinski definition) is 0. The molecule has 0 bridgehead atoms. The van der Waals surface area contributed by atoms with Gasteiger partial charge in [0.2, 0.25) is 5.75 Å². The van der Waals surface area contributed by atoms with E-state index in [1.54, 1.807) is 40.6 Å². The Morgan fingerprint density at radius 3 is 1.82 bits per heavy atom. The molecule has 1 aromatic carbocycles. The van der Waals surface area contributed by atoms with E-state index in [9.17, 15) is 0 Å². The van der Waals surface area contributed by atoms with Gasteiger partial charge in [-0.15, -0.1) is 6.42 Å². The van der Waals surface area contributed by atoms with Crippen LogP contribution in [0.3, 0.4) is 0 Å². The third-order valence-electron chi connectivity index (χ3n) is 2.38. The van der Waals surface area contributed by atoms with Crippen LogP contribution in [0.4, 0.5) is 0 Å². The zero-order valence-corrected chi connectivity index (χ0v) is 10.4. The number of terminal acetylenes is 1. The van der Waals surface area contributed by atoms with Crippen LogP contribution in [0.5, 0.6) is 17.2 Å². The van der Waals surface area contributed by atoms with E-state index in [1.165, 1.54) is 0 Å². The Bertz CT molecular complexity index is 395. The van der Waals surface area contributed by atoms with E-state index < -0.39 is 6.10 Å². The van der Waals surface area contributed by atoms with Crippen molar-refractivity contribution in [3.05, 3.63) is 17.7 Å². The summed E-state index contributed by atoms with van der Waals surface area (Å²) in [5.74, 6) is 4.18. The Morgan fingerprint density at radius 2 is 1.53 bits per heavy atom. The van der Waals surface area contributed by atoms with Crippen molar-refractivity contribution in [2.45, 2.75) is 6.10 Å². The largest absolute Gasteiger partial charge is 0.493 e. The highest BCUT2D eigenvalue weighted by atomic mass is 16.5. The fourth-order valence-electron chi connectivity index (χ4n) is 1.55. The molecule has 0 unspecified atom stereocenters. The second kappa shape index (κ2) is 6.02. The van der Waals surface area contributed by atoms with Crippen molar-refractivity contribution in [1.82, 2.24) is 0 Å². The average Bonchev–Trinajstić information content (AvgIpc) is 2.38. The van der Waals surface area contributed by atoms with E-state index in [2.05, 4.69) is 5.92 Å². The van der Waals surface area contributed by atoms with Gasteiger partial charge in [-0.3, -0.25) is 0 Å². The topological polar surface area (TPSA) is 36.9 Å². The molecule has 0 saturated carbocycles. The molecule has 0 fully saturated rings. The lowest BCUT2D eigenvalue weighted by atomic mass is 10.1. The van der Waals surface area contributed by atoms with Crippen LogP contribution in [0.1, 0.15) is 11.7 Å². The molecular formula is C13H16O4. The number of benzene rings is 1. The standard InChI is InChI=1S/C13H16O4/c1-6-10(14-2)9-7-11(15-3)13(17-5)12(8-9)16-4/h1,7-8,10H,2-5H3/t10-/m0/s1. The van der Waals surface area contributed by atoms with Crippen LogP contribution in [0, 0.1) is 12.3 Å². The number of rotatable bonds is 5. The molecule has 92 valence electrons. The quantitative estimate of drug-likeness (QED) is 0.733. The van der Waals surface area contributed by atoms with Gasteiger partial charge in [-0.2, -0.15) is 0 Å². The van der Waals surface area contributed by atoms with Crippen molar-refractivity contribution < 1.29 is 18.9 Å². The Labute approximate surface area is 101 Å². The minimum absolute atomic E-state index is 0.441. The molecule has 1 atom stereocenters. The summed E-state index contributed by atoms with van der Waals surface area (Å²) in [6, 6.07) is 3.55. The van der Waals surface area contributed by atoms with Gasteiger partial charge in [-0.05, 0) is 12.1 Å². The highest BCUT2D eigenvalue weighted by molar-refractivity contribution is 5.54. The summed E-state index contributed by atoms with van der Waals surface area (Å²) in [6.45, 7) is 0. The Hall–Kier alpha value is -1.86. The smallest absolute Gasteiger partial charge is 0.203 e. The van der Waals surface area contributed by atoms with Crippen molar-refractivity contribution in [2.24, 2.45) is 0 Å². The molecule has 0 aliphatic heterocycles. The van der Waals surface area contributed by atoms with Gasteiger partial charge in [0.25, 0.3) is 0 Å². The zero-order valence-electron chi connectivity index (χ0n) is 10.4. The van der Waals surface area contributed by atoms with E-state index >= 15 is 0 Å². The lowest BCUT2D eigenvalue weighted by Crippen LogP contribution is -2.02. The first-order valence-corrected chi connectivity index (χ1v) is 5.00. The predicted octanol–water partition coefficient (Wildman–Crippen LogP) is 2.03. The maximum atomic E-state index is 5.38. The normalized spacial score (nSPS) is 11.5. The summed E-state index contributed by atoms with van der Waals surface area (Å²) in [6.07, 6.45) is 4.94. The monoisotopic (exact) mass is 236 g/mol. The van der Waals surface area contributed by atoms with Crippen LogP contribution in [-0.2, 0) is 4.74 Å². The van der Waals surface area contributed by atoms with Crippen LogP contribution in [0.15, 0.2) is 12.1 Å². The van der Waals surface area contributed by atoms with E-state index in [-0.39, 0.29) is 0 Å². The van der Waals surface area contributed by atoms with Crippen molar-refractivity contribution in [2.75, 3.05) is 28.4 Å². The number of methoxy groups -OCH3 is 4. The molecule has 0 aliphatic rings. The van der Waals surface area contributed by atoms with Gasteiger partial charge in [0.05, 0.1) is 21.3 Å². The summed E-state index contributed by atoms with van der Waals surface area (Å²) in [4.78, 5) is 0.